The molecule has 1 fully saturated rings. The fourth-order valence-corrected chi connectivity index (χ4v) is 3.10. The molecule has 0 N–H and O–H groups in total. The van der Waals surface area contributed by atoms with Crippen LogP contribution in [0.25, 0.3) is 0 Å². The molecule has 0 radical (unpaired) electrons. The van der Waals surface area contributed by atoms with E-state index < -0.39 is 5.91 Å². The maximum atomic E-state index is 12.2. The molecule has 2 amide bonds. The third-order valence-electron chi connectivity index (χ3n) is 3.05. The van der Waals surface area contributed by atoms with Gasteiger partial charge in [0.1, 0.15) is 0 Å². The van der Waals surface area contributed by atoms with Crippen molar-refractivity contribution in [2.24, 2.45) is 4.99 Å². The molecule has 0 spiro atoms. The molecule has 2 aromatic carbocycles. The van der Waals surface area contributed by atoms with Gasteiger partial charge in [-0.25, -0.2) is 0 Å². The Morgan fingerprint density at radius 1 is 1.14 bits per heavy atom. The quantitative estimate of drug-likeness (QED) is 0.845. The summed E-state index contributed by atoms with van der Waals surface area (Å²) in [6.07, 6.45) is 0. The number of hydrogen-bond donors (Lipinski definition) is 0. The minimum Gasteiger partial charge on any atom is -0.273 e. The predicted molar refractivity (Wildman–Crippen MR) is 89.6 cm³/mol. The van der Waals surface area contributed by atoms with E-state index >= 15 is 0 Å². The maximum Gasteiger partial charge on any atom is 0.279 e. The number of anilines is 1. The third kappa shape index (κ3) is 3.05. The van der Waals surface area contributed by atoms with Gasteiger partial charge in [-0.1, -0.05) is 47.6 Å². The van der Waals surface area contributed by atoms with Crippen LogP contribution in [0, 0.1) is 0 Å². The zero-order valence-electron chi connectivity index (χ0n) is 11.4. The topological polar surface area (TPSA) is 49.7 Å². The number of nitrogens with zero attached hydrogens (tertiary/aromatic N) is 2. The van der Waals surface area contributed by atoms with Gasteiger partial charge in [0.05, 0.1) is 11.4 Å². The number of benzene rings is 2. The summed E-state index contributed by atoms with van der Waals surface area (Å²) in [5, 5.41) is 0.863. The fraction of sp³-hybridized carbons (Fsp3) is 0.0625. The number of carbonyl (C=O) groups excluding carboxylic acids is 2. The molecule has 0 saturated carbocycles. The normalized spacial score (nSPS) is 16.3. The van der Waals surface area contributed by atoms with E-state index in [1.807, 2.05) is 30.3 Å². The van der Waals surface area contributed by atoms with Gasteiger partial charge in [0, 0.05) is 10.6 Å². The van der Waals surface area contributed by atoms with E-state index in [2.05, 4.69) is 4.99 Å². The molecule has 0 unspecified atom stereocenters. The van der Waals surface area contributed by atoms with Crippen LogP contribution >= 0.6 is 23.4 Å². The Morgan fingerprint density at radius 3 is 2.64 bits per heavy atom. The highest BCUT2D eigenvalue weighted by Crippen LogP contribution is 2.26. The summed E-state index contributed by atoms with van der Waals surface area (Å²) >= 11 is 7.14. The first-order chi connectivity index (χ1) is 10.6. The number of aliphatic imine (C=N–C) groups is 1. The van der Waals surface area contributed by atoms with Gasteiger partial charge < -0.3 is 0 Å². The number of halogens is 1. The number of rotatable bonds is 2. The summed E-state index contributed by atoms with van der Waals surface area (Å²) in [5.41, 5.74) is 1.10. The van der Waals surface area contributed by atoms with Crippen molar-refractivity contribution in [2.75, 3.05) is 10.7 Å². The highest BCUT2D eigenvalue weighted by Gasteiger charge is 2.30. The van der Waals surface area contributed by atoms with Crippen molar-refractivity contribution in [3.63, 3.8) is 0 Å². The molecule has 0 atom stereocenters. The van der Waals surface area contributed by atoms with Crippen molar-refractivity contribution in [3.8, 4) is 0 Å². The lowest BCUT2D eigenvalue weighted by Crippen LogP contribution is -2.29. The molecular formula is C16H11ClN2O2S. The average Bonchev–Trinajstić information content (AvgIpc) is 2.89. The first-order valence-electron chi connectivity index (χ1n) is 6.54. The molecule has 0 aromatic heterocycles. The lowest BCUT2D eigenvalue weighted by Gasteiger charge is -2.15. The number of para-hydroxylation sites is 1. The van der Waals surface area contributed by atoms with Crippen molar-refractivity contribution in [3.05, 3.63) is 65.2 Å². The van der Waals surface area contributed by atoms with Gasteiger partial charge in [-0.15, -0.1) is 0 Å². The van der Waals surface area contributed by atoms with Crippen LogP contribution in [-0.4, -0.2) is 22.7 Å². The molecule has 110 valence electrons. The molecule has 1 aliphatic rings. The number of carbonyl (C=O) groups is 2. The van der Waals surface area contributed by atoms with E-state index in [1.165, 1.54) is 16.7 Å². The van der Waals surface area contributed by atoms with Crippen molar-refractivity contribution >= 4 is 46.0 Å². The fourth-order valence-electron chi connectivity index (χ4n) is 2.05. The Kier molecular flexibility index (Phi) is 4.27. The maximum absolute atomic E-state index is 12.2. The third-order valence-corrected chi connectivity index (χ3v) is 4.21. The summed E-state index contributed by atoms with van der Waals surface area (Å²) in [7, 11) is 0. The second-order valence-electron chi connectivity index (χ2n) is 4.56. The molecule has 2 aromatic rings. The summed E-state index contributed by atoms with van der Waals surface area (Å²) in [6, 6.07) is 15.7. The lowest BCUT2D eigenvalue weighted by atomic mass is 10.2. The van der Waals surface area contributed by atoms with Crippen LogP contribution in [0.15, 0.2) is 59.6 Å². The van der Waals surface area contributed by atoms with Crippen molar-refractivity contribution in [2.45, 2.75) is 0 Å². The molecule has 6 heteroatoms. The monoisotopic (exact) mass is 330 g/mol. The first-order valence-corrected chi connectivity index (χ1v) is 7.91. The number of amides is 2. The highest BCUT2D eigenvalue weighted by atomic mass is 35.5. The first kappa shape index (κ1) is 14.8. The zero-order chi connectivity index (χ0) is 15.5. The minimum atomic E-state index is -0.416. The largest absolute Gasteiger partial charge is 0.279 e. The highest BCUT2D eigenvalue weighted by molar-refractivity contribution is 8.15. The molecule has 1 aliphatic heterocycles. The van der Waals surface area contributed by atoms with Gasteiger partial charge in [0.2, 0.25) is 5.91 Å². The molecule has 4 nitrogen and oxygen atoms in total. The Bertz CT molecular complexity index is 762. The van der Waals surface area contributed by atoms with Crippen LogP contribution in [0.4, 0.5) is 5.69 Å². The molecule has 0 bridgehead atoms. The minimum absolute atomic E-state index is 0.0890. The standard InChI is InChI=1S/C16H11ClN2O2S/c17-12-6-4-5-11(9-12)15(21)18-16-19(14(20)10-22-16)13-7-2-1-3-8-13/h1-9H,10H2. The molecule has 1 heterocycles. The van der Waals surface area contributed by atoms with Gasteiger partial charge in [-0.2, -0.15) is 4.99 Å². The second-order valence-corrected chi connectivity index (χ2v) is 5.94. The van der Waals surface area contributed by atoms with Gasteiger partial charge in [0.15, 0.2) is 5.17 Å². The molecule has 0 aliphatic carbocycles. The van der Waals surface area contributed by atoms with Crippen LogP contribution in [-0.2, 0) is 4.79 Å². The van der Waals surface area contributed by atoms with E-state index in [1.54, 1.807) is 24.3 Å². The van der Waals surface area contributed by atoms with Crippen molar-refractivity contribution in [1.82, 2.24) is 0 Å². The molecule has 3 rings (SSSR count). The van der Waals surface area contributed by atoms with Crippen LogP contribution in [0.3, 0.4) is 0 Å². The van der Waals surface area contributed by atoms with Crippen LogP contribution in [0.1, 0.15) is 10.4 Å². The van der Waals surface area contributed by atoms with E-state index in [-0.39, 0.29) is 11.7 Å². The number of amidine groups is 1. The van der Waals surface area contributed by atoms with Gasteiger partial charge >= 0.3 is 0 Å². The number of hydrogen-bond acceptors (Lipinski definition) is 3. The molecule has 22 heavy (non-hydrogen) atoms. The van der Waals surface area contributed by atoms with Gasteiger partial charge in [-0.3, -0.25) is 14.5 Å². The predicted octanol–water partition coefficient (Wildman–Crippen LogP) is 3.62. The van der Waals surface area contributed by atoms with Gasteiger partial charge in [0.25, 0.3) is 5.91 Å². The van der Waals surface area contributed by atoms with E-state index in [4.69, 9.17) is 11.6 Å². The Hall–Kier alpha value is -2.11. The summed E-state index contributed by atoms with van der Waals surface area (Å²) in [5.74, 6) is -0.231. The average molecular weight is 331 g/mol. The van der Waals surface area contributed by atoms with Crippen LogP contribution in [0.2, 0.25) is 5.02 Å². The van der Waals surface area contributed by atoms with Crippen molar-refractivity contribution in [1.29, 1.82) is 0 Å². The van der Waals surface area contributed by atoms with Crippen molar-refractivity contribution < 1.29 is 9.59 Å². The van der Waals surface area contributed by atoms with E-state index in [9.17, 15) is 9.59 Å². The Morgan fingerprint density at radius 2 is 1.91 bits per heavy atom. The lowest BCUT2D eigenvalue weighted by molar-refractivity contribution is -0.115. The number of thioether (sulfide) groups is 1. The summed E-state index contributed by atoms with van der Waals surface area (Å²) in [4.78, 5) is 29.8. The Balaban J connectivity index is 1.92. The Labute approximate surface area is 136 Å². The van der Waals surface area contributed by atoms with Crippen LogP contribution < -0.4 is 4.90 Å². The summed E-state index contributed by atoms with van der Waals surface area (Å²) < 4.78 is 0. The zero-order valence-corrected chi connectivity index (χ0v) is 13.0. The molecular weight excluding hydrogens is 320 g/mol. The van der Waals surface area contributed by atoms with Crippen LogP contribution in [0.5, 0.6) is 0 Å². The van der Waals surface area contributed by atoms with Gasteiger partial charge in [-0.05, 0) is 30.3 Å². The molecule has 1 saturated heterocycles. The summed E-state index contributed by atoms with van der Waals surface area (Å²) in [6.45, 7) is 0. The SMILES string of the molecule is O=C(N=C1SCC(=O)N1c1ccccc1)c1cccc(Cl)c1. The van der Waals surface area contributed by atoms with E-state index in [0.29, 0.717) is 21.4 Å². The second kappa shape index (κ2) is 6.34. The van der Waals surface area contributed by atoms with E-state index in [0.717, 1.165) is 0 Å². The smallest absolute Gasteiger partial charge is 0.273 e.